The number of carbonyl (C=O) groups is 4. The zero-order valence-electron chi connectivity index (χ0n) is 19.1. The number of amides is 3. The van der Waals surface area contributed by atoms with E-state index in [9.17, 15) is 19.2 Å². The van der Waals surface area contributed by atoms with Gasteiger partial charge >= 0.3 is 6.09 Å². The summed E-state index contributed by atoms with van der Waals surface area (Å²) in [4.78, 5) is 50.1. The summed E-state index contributed by atoms with van der Waals surface area (Å²) in [6.45, 7) is 1.28. The van der Waals surface area contributed by atoms with E-state index in [0.717, 1.165) is 38.5 Å². The molecule has 180 valence electrons. The average Bonchev–Trinajstić information content (AvgIpc) is 3.04. The van der Waals surface area contributed by atoms with Crippen molar-refractivity contribution in [3.63, 3.8) is 0 Å². The van der Waals surface area contributed by atoms with Crippen LogP contribution in [-0.4, -0.2) is 59.4 Å². The first kappa shape index (κ1) is 24.7. The molecule has 0 radical (unpaired) electrons. The first-order valence-electron chi connectivity index (χ1n) is 12.1. The van der Waals surface area contributed by atoms with E-state index in [-0.39, 0.29) is 18.7 Å². The predicted molar refractivity (Wildman–Crippen MR) is 124 cm³/mol. The summed E-state index contributed by atoms with van der Waals surface area (Å²) in [5.74, 6) is -0.242. The first-order chi connectivity index (χ1) is 16.0. The monoisotopic (exact) mass is 457 g/mol. The highest BCUT2D eigenvalue weighted by Crippen LogP contribution is 2.27. The Morgan fingerprint density at radius 3 is 2.24 bits per heavy atom. The molecule has 1 aliphatic carbocycles. The molecule has 1 fully saturated rings. The van der Waals surface area contributed by atoms with E-state index in [0.29, 0.717) is 31.7 Å². The van der Waals surface area contributed by atoms with E-state index in [4.69, 9.17) is 5.11 Å². The lowest BCUT2D eigenvalue weighted by Crippen LogP contribution is -2.50. The van der Waals surface area contributed by atoms with Gasteiger partial charge in [0.15, 0.2) is 0 Å². The molecular formula is C25H35N3O5. The second-order valence-electron chi connectivity index (χ2n) is 9.18. The number of aldehydes is 1. The molecule has 0 spiro atoms. The maximum Gasteiger partial charge on any atom is 0.405 e. The standard InChI is InChI=1S/C25H35N3O5/c29-17-21(26-24(31)22(27-25(32)33)16-18-6-2-1-3-7-18)10-11-23(30)28-14-12-19-8-4-5-9-20(19)13-15-28/h4-5,8-9,17-18,21-22,27H,1-3,6-7,10-16H2,(H,26,31)(H,32,33)/t21-,22-/m0/s1. The molecule has 33 heavy (non-hydrogen) atoms. The minimum absolute atomic E-state index is 0.0358. The van der Waals surface area contributed by atoms with Crippen molar-refractivity contribution in [1.29, 1.82) is 0 Å². The number of nitrogens with zero attached hydrogens (tertiary/aromatic N) is 1. The Hall–Kier alpha value is -2.90. The van der Waals surface area contributed by atoms with Crippen LogP contribution in [0.25, 0.3) is 0 Å². The molecule has 1 aliphatic heterocycles. The fraction of sp³-hybridized carbons (Fsp3) is 0.600. The van der Waals surface area contributed by atoms with E-state index < -0.39 is 24.1 Å². The van der Waals surface area contributed by atoms with Crippen LogP contribution < -0.4 is 10.6 Å². The highest BCUT2D eigenvalue weighted by atomic mass is 16.4. The van der Waals surface area contributed by atoms with Gasteiger partial charge in [-0.3, -0.25) is 9.59 Å². The van der Waals surface area contributed by atoms with Gasteiger partial charge in [-0.2, -0.15) is 0 Å². The van der Waals surface area contributed by atoms with Gasteiger partial charge in [0.25, 0.3) is 0 Å². The first-order valence-corrected chi connectivity index (χ1v) is 12.1. The van der Waals surface area contributed by atoms with Crippen molar-refractivity contribution in [2.75, 3.05) is 13.1 Å². The number of carbonyl (C=O) groups excluding carboxylic acids is 3. The third kappa shape index (κ3) is 7.58. The number of fused-ring (bicyclic) bond motifs is 1. The SMILES string of the molecule is O=C[C@H](CCC(=O)N1CCc2ccccc2CC1)NC(=O)[C@H](CC1CCCCC1)NC(=O)O. The second kappa shape index (κ2) is 12.4. The third-order valence-electron chi connectivity index (χ3n) is 6.84. The topological polar surface area (TPSA) is 116 Å². The second-order valence-corrected chi connectivity index (χ2v) is 9.18. The highest BCUT2D eigenvalue weighted by molar-refractivity contribution is 5.87. The molecule has 3 rings (SSSR count). The van der Waals surface area contributed by atoms with Crippen molar-refractivity contribution in [3.05, 3.63) is 35.4 Å². The Kier molecular flexibility index (Phi) is 9.27. The lowest BCUT2D eigenvalue weighted by molar-refractivity contribution is -0.132. The van der Waals surface area contributed by atoms with Gasteiger partial charge in [0, 0.05) is 19.5 Å². The van der Waals surface area contributed by atoms with Crippen molar-refractivity contribution >= 4 is 24.2 Å². The zero-order chi connectivity index (χ0) is 23.6. The molecule has 8 heteroatoms. The number of rotatable bonds is 9. The number of carboxylic acid groups (broad SMARTS) is 1. The minimum atomic E-state index is -1.26. The summed E-state index contributed by atoms with van der Waals surface area (Å²) in [7, 11) is 0. The van der Waals surface area contributed by atoms with Crippen LogP contribution in [0.2, 0.25) is 0 Å². The van der Waals surface area contributed by atoms with Crippen molar-refractivity contribution < 1.29 is 24.3 Å². The van der Waals surface area contributed by atoms with E-state index >= 15 is 0 Å². The summed E-state index contributed by atoms with van der Waals surface area (Å²) >= 11 is 0. The maximum absolute atomic E-state index is 12.8. The Labute approximate surface area is 195 Å². The van der Waals surface area contributed by atoms with Crippen LogP contribution in [0.3, 0.4) is 0 Å². The summed E-state index contributed by atoms with van der Waals surface area (Å²) < 4.78 is 0. The van der Waals surface area contributed by atoms with Crippen molar-refractivity contribution in [2.24, 2.45) is 5.92 Å². The molecule has 1 saturated carbocycles. The number of benzene rings is 1. The Morgan fingerprint density at radius 2 is 1.67 bits per heavy atom. The van der Waals surface area contributed by atoms with Gasteiger partial charge in [0.05, 0.1) is 6.04 Å². The Morgan fingerprint density at radius 1 is 1.03 bits per heavy atom. The molecule has 1 aromatic carbocycles. The molecule has 0 saturated heterocycles. The number of hydrogen-bond acceptors (Lipinski definition) is 4. The van der Waals surface area contributed by atoms with Crippen molar-refractivity contribution in [1.82, 2.24) is 15.5 Å². The molecular weight excluding hydrogens is 422 g/mol. The van der Waals surface area contributed by atoms with Crippen LogP contribution >= 0.6 is 0 Å². The quantitative estimate of drug-likeness (QED) is 0.493. The van der Waals surface area contributed by atoms with Gasteiger partial charge in [-0.25, -0.2) is 4.79 Å². The van der Waals surface area contributed by atoms with Crippen LogP contribution in [0.1, 0.15) is 62.5 Å². The fourth-order valence-electron chi connectivity index (χ4n) is 4.95. The largest absolute Gasteiger partial charge is 0.465 e. The third-order valence-corrected chi connectivity index (χ3v) is 6.84. The smallest absolute Gasteiger partial charge is 0.405 e. The number of nitrogens with one attached hydrogen (secondary N) is 2. The Bertz CT molecular complexity index is 810. The van der Waals surface area contributed by atoms with Crippen LogP contribution in [0.4, 0.5) is 4.79 Å². The summed E-state index contributed by atoms with van der Waals surface area (Å²) in [5, 5.41) is 14.1. The fourth-order valence-corrected chi connectivity index (χ4v) is 4.95. The molecule has 1 heterocycles. The van der Waals surface area contributed by atoms with Gasteiger partial charge < -0.3 is 25.4 Å². The molecule has 0 bridgehead atoms. The summed E-state index contributed by atoms with van der Waals surface area (Å²) in [5.41, 5.74) is 2.53. The molecule has 2 aliphatic rings. The maximum atomic E-state index is 12.8. The zero-order valence-corrected chi connectivity index (χ0v) is 19.1. The number of hydrogen-bond donors (Lipinski definition) is 3. The predicted octanol–water partition coefficient (Wildman–Crippen LogP) is 2.68. The van der Waals surface area contributed by atoms with E-state index in [2.05, 4.69) is 22.8 Å². The minimum Gasteiger partial charge on any atom is -0.465 e. The lowest BCUT2D eigenvalue weighted by Gasteiger charge is -2.27. The molecule has 8 nitrogen and oxygen atoms in total. The van der Waals surface area contributed by atoms with E-state index in [1.54, 1.807) is 0 Å². The molecule has 0 aromatic heterocycles. The molecule has 2 atom stereocenters. The van der Waals surface area contributed by atoms with Crippen LogP contribution in [0.15, 0.2) is 24.3 Å². The van der Waals surface area contributed by atoms with Crippen LogP contribution in [0, 0.1) is 5.92 Å². The highest BCUT2D eigenvalue weighted by Gasteiger charge is 2.28. The summed E-state index contributed by atoms with van der Waals surface area (Å²) in [6.07, 6.45) is 7.07. The van der Waals surface area contributed by atoms with Crippen molar-refractivity contribution in [2.45, 2.75) is 76.3 Å². The molecule has 3 amide bonds. The van der Waals surface area contributed by atoms with Crippen LogP contribution in [-0.2, 0) is 27.2 Å². The van der Waals surface area contributed by atoms with Gasteiger partial charge in [0.1, 0.15) is 12.3 Å². The molecule has 0 unspecified atom stereocenters. The van der Waals surface area contributed by atoms with Gasteiger partial charge in [-0.15, -0.1) is 0 Å². The Balaban J connectivity index is 1.49. The van der Waals surface area contributed by atoms with Crippen LogP contribution in [0.5, 0.6) is 0 Å². The molecule has 3 N–H and O–H groups in total. The van der Waals surface area contributed by atoms with Gasteiger partial charge in [0.2, 0.25) is 11.8 Å². The van der Waals surface area contributed by atoms with Gasteiger partial charge in [-0.05, 0) is 42.7 Å². The molecule has 1 aromatic rings. The lowest BCUT2D eigenvalue weighted by atomic mass is 9.84. The van der Waals surface area contributed by atoms with E-state index in [1.165, 1.54) is 17.5 Å². The van der Waals surface area contributed by atoms with Crippen molar-refractivity contribution in [3.8, 4) is 0 Å². The van der Waals surface area contributed by atoms with E-state index in [1.807, 2.05) is 17.0 Å². The normalized spacial score (nSPS) is 18.4. The average molecular weight is 458 g/mol. The van der Waals surface area contributed by atoms with Gasteiger partial charge in [-0.1, -0.05) is 56.4 Å². The summed E-state index contributed by atoms with van der Waals surface area (Å²) in [6, 6.07) is 6.48.